The molecular formula is C46H27N. The minimum absolute atomic E-state index is 1.16. The zero-order valence-electron chi connectivity index (χ0n) is 25.5. The van der Waals surface area contributed by atoms with E-state index in [-0.39, 0.29) is 0 Å². The quantitative estimate of drug-likeness (QED) is 0.197. The maximum absolute atomic E-state index is 2.58. The van der Waals surface area contributed by atoms with Crippen LogP contribution in [0.25, 0.3) is 87.6 Å². The second kappa shape index (κ2) is 9.19. The number of anilines is 3. The van der Waals surface area contributed by atoms with Gasteiger partial charge < -0.3 is 4.90 Å². The summed E-state index contributed by atoms with van der Waals surface area (Å²) in [4.78, 5) is 2.58. The molecule has 2 aliphatic rings. The van der Waals surface area contributed by atoms with E-state index in [2.05, 4.69) is 169 Å². The highest BCUT2D eigenvalue weighted by molar-refractivity contribution is 6.25. The second-order valence-corrected chi connectivity index (χ2v) is 12.9. The van der Waals surface area contributed by atoms with Crippen LogP contribution < -0.4 is 4.90 Å². The van der Waals surface area contributed by atoms with Crippen LogP contribution in [0.4, 0.5) is 17.1 Å². The van der Waals surface area contributed by atoms with E-state index >= 15 is 0 Å². The second-order valence-electron chi connectivity index (χ2n) is 12.9. The van der Waals surface area contributed by atoms with E-state index in [1.54, 1.807) is 0 Å². The Morgan fingerprint density at radius 3 is 1.06 bits per heavy atom. The average Bonchev–Trinajstić information content (AvgIpc) is 3.13. The lowest BCUT2D eigenvalue weighted by atomic mass is 9.74. The smallest absolute Gasteiger partial charge is 0.0625 e. The van der Waals surface area contributed by atoms with Gasteiger partial charge in [0.1, 0.15) is 0 Å². The lowest BCUT2D eigenvalue weighted by molar-refractivity contribution is 1.30. The first-order chi connectivity index (χ1) is 23.3. The number of benzene rings is 9. The number of rotatable bonds is 3. The fourth-order valence-electron chi connectivity index (χ4n) is 8.25. The largest absolute Gasteiger partial charge is 0.308 e. The molecule has 0 N–H and O–H groups in total. The Labute approximate surface area is 272 Å². The van der Waals surface area contributed by atoms with Crippen molar-refractivity contribution in [2.75, 3.05) is 4.90 Å². The van der Waals surface area contributed by atoms with Crippen LogP contribution in [-0.4, -0.2) is 0 Å². The SMILES string of the molecule is c1ccc(N(c2c3c(cc4ccccc24)-c2cc4ccccc4cc2-3)c2c3c(cc4ccccc24)-c2cc4ccccc4cc2-3)cc1. The molecule has 0 radical (unpaired) electrons. The summed E-state index contributed by atoms with van der Waals surface area (Å²) in [5.41, 5.74) is 14.3. The van der Waals surface area contributed by atoms with Crippen molar-refractivity contribution in [2.24, 2.45) is 0 Å². The van der Waals surface area contributed by atoms with E-state index in [0.717, 1.165) is 5.69 Å². The van der Waals surface area contributed by atoms with E-state index in [4.69, 9.17) is 0 Å². The molecule has 11 rings (SSSR count). The predicted octanol–water partition coefficient (Wildman–Crippen LogP) is 13.1. The molecule has 0 bridgehead atoms. The monoisotopic (exact) mass is 593 g/mol. The van der Waals surface area contributed by atoms with Crippen molar-refractivity contribution in [1.29, 1.82) is 0 Å². The minimum atomic E-state index is 1.16. The summed E-state index contributed by atoms with van der Waals surface area (Å²) in [6, 6.07) is 60.7. The topological polar surface area (TPSA) is 3.24 Å². The minimum Gasteiger partial charge on any atom is -0.308 e. The highest BCUT2D eigenvalue weighted by atomic mass is 15.2. The third-order valence-electron chi connectivity index (χ3n) is 10.4. The van der Waals surface area contributed by atoms with Crippen LogP contribution in [0.15, 0.2) is 164 Å². The fraction of sp³-hybridized carbons (Fsp3) is 0. The molecule has 1 nitrogen and oxygen atoms in total. The summed E-state index contributed by atoms with van der Waals surface area (Å²) < 4.78 is 0. The van der Waals surface area contributed by atoms with Gasteiger partial charge in [0, 0.05) is 27.6 Å². The van der Waals surface area contributed by atoms with Crippen molar-refractivity contribution in [3.63, 3.8) is 0 Å². The fourth-order valence-corrected chi connectivity index (χ4v) is 8.25. The van der Waals surface area contributed by atoms with Crippen LogP contribution in [0.2, 0.25) is 0 Å². The summed E-state index contributed by atoms with van der Waals surface area (Å²) in [5, 5.41) is 10.1. The molecule has 0 aromatic heterocycles. The third kappa shape index (κ3) is 3.38. The van der Waals surface area contributed by atoms with Crippen molar-refractivity contribution in [1.82, 2.24) is 0 Å². The van der Waals surface area contributed by atoms with Gasteiger partial charge >= 0.3 is 0 Å². The van der Waals surface area contributed by atoms with Crippen molar-refractivity contribution >= 4 is 60.2 Å². The molecular weight excluding hydrogens is 567 g/mol. The Hall–Kier alpha value is -6.18. The summed E-state index contributed by atoms with van der Waals surface area (Å²) in [5.74, 6) is 0. The summed E-state index contributed by atoms with van der Waals surface area (Å²) in [6.45, 7) is 0. The van der Waals surface area contributed by atoms with Crippen LogP contribution in [0.5, 0.6) is 0 Å². The average molecular weight is 594 g/mol. The normalized spacial score (nSPS) is 12.3. The van der Waals surface area contributed by atoms with Gasteiger partial charge in [0.2, 0.25) is 0 Å². The molecule has 0 amide bonds. The van der Waals surface area contributed by atoms with Gasteiger partial charge in [-0.05, 0) is 114 Å². The predicted molar refractivity (Wildman–Crippen MR) is 200 cm³/mol. The van der Waals surface area contributed by atoms with E-state index in [9.17, 15) is 0 Å². The Morgan fingerprint density at radius 1 is 0.277 bits per heavy atom. The van der Waals surface area contributed by atoms with Gasteiger partial charge in [-0.1, -0.05) is 115 Å². The number of para-hydroxylation sites is 1. The van der Waals surface area contributed by atoms with Gasteiger partial charge in [-0.25, -0.2) is 0 Å². The first-order valence-electron chi connectivity index (χ1n) is 16.4. The van der Waals surface area contributed by atoms with Crippen molar-refractivity contribution < 1.29 is 0 Å². The van der Waals surface area contributed by atoms with Gasteiger partial charge in [0.05, 0.1) is 11.4 Å². The van der Waals surface area contributed by atoms with Gasteiger partial charge in [-0.3, -0.25) is 0 Å². The third-order valence-corrected chi connectivity index (χ3v) is 10.4. The molecule has 1 heteroatoms. The van der Waals surface area contributed by atoms with Crippen molar-refractivity contribution in [2.45, 2.75) is 0 Å². The summed E-state index contributed by atoms with van der Waals surface area (Å²) >= 11 is 0. The molecule has 9 aromatic rings. The number of hydrogen-bond donors (Lipinski definition) is 0. The van der Waals surface area contributed by atoms with Crippen molar-refractivity contribution in [3.05, 3.63) is 164 Å². The lowest BCUT2D eigenvalue weighted by Gasteiger charge is -2.39. The molecule has 0 fully saturated rings. The van der Waals surface area contributed by atoms with E-state index < -0.39 is 0 Å². The zero-order valence-corrected chi connectivity index (χ0v) is 25.5. The molecule has 0 heterocycles. The van der Waals surface area contributed by atoms with E-state index in [0.29, 0.717) is 0 Å². The van der Waals surface area contributed by atoms with Gasteiger partial charge in [0.25, 0.3) is 0 Å². The number of hydrogen-bond acceptors (Lipinski definition) is 1. The van der Waals surface area contributed by atoms with E-state index in [1.807, 2.05) is 0 Å². The molecule has 2 aliphatic carbocycles. The Morgan fingerprint density at radius 2 is 0.617 bits per heavy atom. The van der Waals surface area contributed by atoms with Crippen LogP contribution in [0.3, 0.4) is 0 Å². The van der Waals surface area contributed by atoms with Gasteiger partial charge in [-0.2, -0.15) is 0 Å². The standard InChI is InChI=1S/C46H27N/c1-2-18-34(19-3-1)47(45-35-20-10-8-16-32(35)26-41-37-22-28-12-4-6-14-30(28)24-39(37)43(41)45)46-36-21-11-9-17-33(36)27-42-38-23-29-13-5-7-15-31(29)25-40(38)44(42)46/h1-27H. The molecule has 0 atom stereocenters. The molecule has 9 aromatic carbocycles. The summed E-state index contributed by atoms with van der Waals surface area (Å²) in [6.07, 6.45) is 0. The molecule has 0 saturated heterocycles. The van der Waals surface area contributed by atoms with Gasteiger partial charge in [-0.15, -0.1) is 0 Å². The van der Waals surface area contributed by atoms with Crippen LogP contribution in [0.1, 0.15) is 0 Å². The van der Waals surface area contributed by atoms with Crippen LogP contribution in [0, 0.1) is 0 Å². The zero-order chi connectivity index (χ0) is 30.6. The van der Waals surface area contributed by atoms with E-state index in [1.165, 1.54) is 99.0 Å². The molecule has 0 spiro atoms. The maximum Gasteiger partial charge on any atom is 0.0625 e. The highest BCUT2D eigenvalue weighted by Crippen LogP contribution is 2.62. The summed E-state index contributed by atoms with van der Waals surface area (Å²) in [7, 11) is 0. The molecule has 0 unspecified atom stereocenters. The number of nitrogens with zero attached hydrogens (tertiary/aromatic N) is 1. The molecule has 47 heavy (non-hydrogen) atoms. The molecule has 216 valence electrons. The first kappa shape index (κ1) is 25.1. The first-order valence-corrected chi connectivity index (χ1v) is 16.4. The number of fused-ring (bicyclic) bond motifs is 12. The Balaban J connectivity index is 1.29. The Kier molecular flexibility index (Phi) is 4.90. The Bertz CT molecular complexity index is 2620. The molecule has 0 aliphatic heterocycles. The highest BCUT2D eigenvalue weighted by Gasteiger charge is 2.36. The molecule has 0 saturated carbocycles. The van der Waals surface area contributed by atoms with Gasteiger partial charge in [0.15, 0.2) is 0 Å². The maximum atomic E-state index is 2.58. The van der Waals surface area contributed by atoms with Crippen molar-refractivity contribution in [3.8, 4) is 44.5 Å². The van der Waals surface area contributed by atoms with Crippen LogP contribution in [-0.2, 0) is 0 Å². The lowest BCUT2D eigenvalue weighted by Crippen LogP contribution is -2.18. The van der Waals surface area contributed by atoms with Crippen LogP contribution >= 0.6 is 0 Å².